The summed E-state index contributed by atoms with van der Waals surface area (Å²) >= 11 is 0. The molecule has 28 nitrogen and oxygen atoms in total. The Balaban J connectivity index is 0.000000198. The van der Waals surface area contributed by atoms with E-state index in [4.69, 9.17) is 78.0 Å². The molecule has 0 bridgehead atoms. The molecule has 4 aromatic carbocycles. The van der Waals surface area contributed by atoms with Gasteiger partial charge in [-0.2, -0.15) is 0 Å². The van der Waals surface area contributed by atoms with Crippen molar-refractivity contribution in [2.75, 3.05) is 67.1 Å². The average Bonchev–Trinajstić information content (AvgIpc) is 1.62. The quantitative estimate of drug-likeness (QED) is 0.0111. The van der Waals surface area contributed by atoms with Crippen LogP contribution < -0.4 is 18.9 Å². The molecule has 0 spiro atoms. The van der Waals surface area contributed by atoms with Gasteiger partial charge in [0.25, 0.3) is 0 Å². The number of hydrogen-bond acceptors (Lipinski definition) is 24. The van der Waals surface area contributed by atoms with E-state index in [2.05, 4.69) is 52.0 Å². The maximum absolute atomic E-state index is 12.2. The first-order valence-electron chi connectivity index (χ1n) is 49.2. The Morgan fingerprint density at radius 2 is 0.591 bits per heavy atom. The minimum Gasteiger partial charge on any atom is -0.482 e. The number of carbonyl (C=O) groups excluding carboxylic acids is 4. The highest BCUT2D eigenvalue weighted by Crippen LogP contribution is 2.54. The van der Waals surface area contributed by atoms with Crippen LogP contribution in [0.1, 0.15) is 265 Å². The minimum atomic E-state index is -0.997. The van der Waals surface area contributed by atoms with Gasteiger partial charge in [-0.05, 0) is 320 Å². The fraction of sp³-hybridized carbons (Fsp3) is 0.692. The summed E-state index contributed by atoms with van der Waals surface area (Å²) in [4.78, 5) is 91.5. The van der Waals surface area contributed by atoms with E-state index in [-0.39, 0.29) is 137 Å². The van der Waals surface area contributed by atoms with Crippen molar-refractivity contribution < 1.29 is 137 Å². The number of ether oxygens (including phenoxy) is 10. The average molecular weight is 1850 g/mol. The van der Waals surface area contributed by atoms with E-state index in [0.29, 0.717) is 83.4 Å². The number of carboxylic acid groups (broad SMARTS) is 4. The molecule has 0 aliphatic heterocycles. The smallest absolute Gasteiger partial charge is 0.341 e. The van der Waals surface area contributed by atoms with Crippen LogP contribution in [0.5, 0.6) is 23.0 Å². The summed E-state index contributed by atoms with van der Waals surface area (Å²) in [6.45, 7) is 6.68. The predicted molar refractivity (Wildman–Crippen MR) is 492 cm³/mol. The van der Waals surface area contributed by atoms with Crippen LogP contribution in [0.15, 0.2) is 72.8 Å². The molecule has 20 atom stereocenters. The van der Waals surface area contributed by atoms with Crippen LogP contribution in [0.25, 0.3) is 0 Å². The second kappa shape index (κ2) is 56.1. The standard InChI is InChI=1S/C27H40O7.2C26H38O7.C25H36O7/c1-3-4-5-8-20(34-27(31)12-13-32-2)10-11-21-22-14-18-7-6-9-25(33-17-26(29)30)23(18)15-19(22)16-24(21)28;1-3-4-5-8-19(33-26(30)16-31-2)10-11-20-21-12-17-7-6-9-24(32-15-25(28)29)22(17)13-18(21)14-23(20)27;1-2-3-4-7-19(33-26(31)11-12-27)9-10-20-21-13-17-6-5-8-24(32-16-25(29)30)22(17)14-18(21)15-23(20)28;1-2-3-4-7-18(32-25(30)14-26)9-10-19-20-11-16-6-5-8-23(31-15-24(28)29)21(16)12-17(20)13-22(19)27/h6-7,9,19-22,24,28H,3-5,8,10-17H2,1-2H3,(H,29,30);6-7,9,18-21,23,27H,3-5,8,10-16H2,1-2H3,(H,28,29);5-6,8,18-21,23,27-28H,2-4,7,9-16H2,1H3,(H,29,30);5-6,8,17-20,22,26-27H,2-4,7,9-15H2,1H3,(H,28,29)/t19-,20-,21+,22-,24+;2*18-,19-,20+,21-,23+;17-,18-,19+,20-,22+/m0000/s1. The number of aliphatic hydroxyl groups is 6. The zero-order chi connectivity index (χ0) is 95.2. The molecule has 8 aliphatic carbocycles. The third-order valence-electron chi connectivity index (χ3n) is 29.0. The number of carbonyl (C=O) groups is 8. The first-order chi connectivity index (χ1) is 63.7. The number of methoxy groups -OCH3 is 2. The summed E-state index contributed by atoms with van der Waals surface area (Å²) in [5.74, 6) is 0.544. The largest absolute Gasteiger partial charge is 0.482 e. The lowest BCUT2D eigenvalue weighted by Gasteiger charge is -2.32. The van der Waals surface area contributed by atoms with Crippen LogP contribution in [-0.4, -0.2) is 215 Å². The molecular formula is C104H152O28. The van der Waals surface area contributed by atoms with Crippen molar-refractivity contribution in [3.05, 3.63) is 117 Å². The molecule has 0 unspecified atom stereocenters. The number of carboxylic acids is 4. The van der Waals surface area contributed by atoms with E-state index in [1.807, 2.05) is 48.5 Å². The van der Waals surface area contributed by atoms with Gasteiger partial charge in [-0.1, -0.05) is 128 Å². The lowest BCUT2D eigenvalue weighted by molar-refractivity contribution is -0.155. The zero-order valence-electron chi connectivity index (χ0n) is 78.8. The molecule has 8 aliphatic rings. The van der Waals surface area contributed by atoms with Gasteiger partial charge >= 0.3 is 47.8 Å². The summed E-state index contributed by atoms with van der Waals surface area (Å²) in [5, 5.41) is 97.5. The van der Waals surface area contributed by atoms with Crippen molar-refractivity contribution in [3.63, 3.8) is 0 Å². The van der Waals surface area contributed by atoms with Gasteiger partial charge < -0.3 is 98.4 Å². The second-order valence-corrected chi connectivity index (χ2v) is 38.0. The van der Waals surface area contributed by atoms with Gasteiger partial charge in [0.15, 0.2) is 26.4 Å². The van der Waals surface area contributed by atoms with Crippen LogP contribution in [0.2, 0.25) is 0 Å². The molecule has 0 radical (unpaired) electrons. The van der Waals surface area contributed by atoms with Crippen LogP contribution >= 0.6 is 0 Å². The molecule has 4 saturated carbocycles. The number of aliphatic hydroxyl groups excluding tert-OH is 6. The maximum Gasteiger partial charge on any atom is 0.341 e. The molecule has 736 valence electrons. The Morgan fingerprint density at radius 3 is 0.833 bits per heavy atom. The molecule has 0 amide bonds. The molecule has 0 aromatic heterocycles. The van der Waals surface area contributed by atoms with Crippen LogP contribution in [0.3, 0.4) is 0 Å². The summed E-state index contributed by atoms with van der Waals surface area (Å²) < 4.78 is 54.6. The SMILES string of the molecule is CCCCC[C@@H](CC[C@@H]1[C@H]2Cc3cccc(OCC(=O)O)c3C[C@H]2C[C@H]1O)OC(=O)CCO.CCCCC[C@@H](CC[C@@H]1[C@H]2Cc3cccc(OCC(=O)O)c3C[C@H]2C[C@H]1O)OC(=O)CCOC.CCCCC[C@@H](CC[C@@H]1[C@H]2Cc3cccc(OCC(=O)O)c3C[C@H]2C[C@H]1O)OC(=O)CO.CCCCC[C@@H](CC[C@@H]1[C@H]2Cc3cccc(OCC(=O)O)c3C[C@H]2C[C@H]1O)OC(=O)COC. The van der Waals surface area contributed by atoms with E-state index in [1.165, 1.54) is 29.4 Å². The fourth-order valence-electron chi connectivity index (χ4n) is 22.7. The Kier molecular flexibility index (Phi) is 45.6. The van der Waals surface area contributed by atoms with E-state index >= 15 is 0 Å². The van der Waals surface area contributed by atoms with Crippen molar-refractivity contribution in [2.45, 2.75) is 321 Å². The molecule has 4 fully saturated rings. The second-order valence-electron chi connectivity index (χ2n) is 38.0. The van der Waals surface area contributed by atoms with E-state index < -0.39 is 42.6 Å². The molecule has 12 rings (SSSR count). The fourth-order valence-corrected chi connectivity index (χ4v) is 22.7. The van der Waals surface area contributed by atoms with Crippen LogP contribution in [0, 0.1) is 71.0 Å². The third-order valence-corrected chi connectivity index (χ3v) is 29.0. The Morgan fingerprint density at radius 1 is 0.326 bits per heavy atom. The number of benzene rings is 4. The van der Waals surface area contributed by atoms with Gasteiger partial charge in [-0.3, -0.25) is 9.59 Å². The van der Waals surface area contributed by atoms with Gasteiger partial charge in [0.05, 0.1) is 50.5 Å². The summed E-state index contributed by atoms with van der Waals surface area (Å²) in [7, 11) is 3.06. The van der Waals surface area contributed by atoms with Crippen molar-refractivity contribution in [3.8, 4) is 23.0 Å². The van der Waals surface area contributed by atoms with Gasteiger partial charge in [0.1, 0.15) is 60.6 Å². The van der Waals surface area contributed by atoms with Crippen molar-refractivity contribution in [2.24, 2.45) is 71.0 Å². The van der Waals surface area contributed by atoms with Crippen molar-refractivity contribution in [1.82, 2.24) is 0 Å². The molecule has 0 saturated heterocycles. The zero-order valence-corrected chi connectivity index (χ0v) is 78.8. The minimum absolute atomic E-state index is 0.0180. The first kappa shape index (κ1) is 107. The monoisotopic (exact) mass is 1850 g/mol. The molecular weight excluding hydrogens is 1700 g/mol. The number of unbranched alkanes of at least 4 members (excludes halogenated alkanes) is 8. The van der Waals surface area contributed by atoms with E-state index in [1.54, 1.807) is 7.11 Å². The molecule has 10 N–H and O–H groups in total. The van der Waals surface area contributed by atoms with Crippen molar-refractivity contribution in [1.29, 1.82) is 0 Å². The lowest BCUT2D eigenvalue weighted by atomic mass is 9.73. The highest BCUT2D eigenvalue weighted by atomic mass is 16.6. The summed E-state index contributed by atoms with van der Waals surface area (Å²) in [6, 6.07) is 23.3. The van der Waals surface area contributed by atoms with Gasteiger partial charge in [-0.25, -0.2) is 28.8 Å². The Labute approximate surface area is 779 Å². The number of hydrogen-bond donors (Lipinski definition) is 10. The lowest BCUT2D eigenvalue weighted by Crippen LogP contribution is -2.29. The highest BCUT2D eigenvalue weighted by Gasteiger charge is 2.50. The normalized spacial score (nSPS) is 24.6. The first-order valence-corrected chi connectivity index (χ1v) is 49.2. The number of rotatable bonds is 52. The molecule has 28 heteroatoms. The maximum atomic E-state index is 12.2. The van der Waals surface area contributed by atoms with Crippen LogP contribution in [0.4, 0.5) is 0 Å². The molecule has 0 heterocycles. The van der Waals surface area contributed by atoms with E-state index in [0.717, 1.165) is 247 Å². The molecule has 132 heavy (non-hydrogen) atoms. The number of aliphatic carboxylic acids is 4. The number of esters is 4. The van der Waals surface area contributed by atoms with Crippen LogP contribution in [-0.2, 0) is 118 Å². The van der Waals surface area contributed by atoms with Gasteiger partial charge in [0.2, 0.25) is 0 Å². The van der Waals surface area contributed by atoms with Crippen molar-refractivity contribution >= 4 is 47.8 Å². The Bertz CT molecular complexity index is 4090. The Hall–Kier alpha value is -8.48. The molecule has 4 aromatic rings. The topological polar surface area (TPSA) is 431 Å². The van der Waals surface area contributed by atoms with Gasteiger partial charge in [0, 0.05) is 14.2 Å². The summed E-state index contributed by atoms with van der Waals surface area (Å²) in [5.41, 5.74) is 9.02. The predicted octanol–water partition coefficient (Wildman–Crippen LogP) is 14.6. The van der Waals surface area contributed by atoms with E-state index in [9.17, 15) is 58.8 Å². The summed E-state index contributed by atoms with van der Waals surface area (Å²) in [6.07, 6.45) is 29.9. The highest BCUT2D eigenvalue weighted by molar-refractivity contribution is 5.72. The third kappa shape index (κ3) is 32.9. The van der Waals surface area contributed by atoms with Gasteiger partial charge in [-0.15, -0.1) is 0 Å². The number of fused-ring (bicyclic) bond motifs is 8.